The molecule has 7 heteroatoms. The highest BCUT2D eigenvalue weighted by molar-refractivity contribution is 5.99. The van der Waals surface area contributed by atoms with Crippen LogP contribution in [0.5, 0.6) is 0 Å². The molecular weight excluding hydrogens is 397 g/mol. The number of nitrogens with zero attached hydrogens (tertiary/aromatic N) is 3. The van der Waals surface area contributed by atoms with Crippen molar-refractivity contribution in [2.45, 2.75) is 25.9 Å². The van der Waals surface area contributed by atoms with Gasteiger partial charge in [0.05, 0.1) is 23.3 Å². The van der Waals surface area contributed by atoms with Gasteiger partial charge in [0, 0.05) is 25.5 Å². The third-order valence-electron chi connectivity index (χ3n) is 5.68. The van der Waals surface area contributed by atoms with Gasteiger partial charge in [-0.05, 0) is 43.2 Å². The highest BCUT2D eigenvalue weighted by Crippen LogP contribution is 2.38. The molecule has 1 aliphatic heterocycles. The summed E-state index contributed by atoms with van der Waals surface area (Å²) in [6.45, 7) is 2.99. The quantitative estimate of drug-likeness (QED) is 0.491. The maximum atomic E-state index is 13.6. The maximum absolute atomic E-state index is 13.6. The van der Waals surface area contributed by atoms with Gasteiger partial charge >= 0.3 is 0 Å². The number of carbonyl (C=O) groups excluding carboxylic acids is 1. The Morgan fingerprint density at radius 2 is 1.90 bits per heavy atom. The predicted molar refractivity (Wildman–Crippen MR) is 113 cm³/mol. The average Bonchev–Trinajstić information content (AvgIpc) is 3.37. The molecule has 0 unspecified atom stereocenters. The molecule has 0 aliphatic carbocycles. The molecule has 1 aliphatic rings. The van der Waals surface area contributed by atoms with Gasteiger partial charge in [0.1, 0.15) is 11.4 Å². The average molecular weight is 417 g/mol. The Kier molecular flexibility index (Phi) is 4.66. The van der Waals surface area contributed by atoms with Crippen LogP contribution >= 0.6 is 0 Å². The van der Waals surface area contributed by atoms with E-state index in [4.69, 9.17) is 4.42 Å². The highest BCUT2D eigenvalue weighted by Gasteiger charge is 2.42. The molecule has 1 amide bonds. The minimum absolute atomic E-state index is 0.0679. The van der Waals surface area contributed by atoms with Crippen molar-refractivity contribution in [3.63, 3.8) is 0 Å². The number of halogens is 1. The Labute approximate surface area is 177 Å². The van der Waals surface area contributed by atoms with Gasteiger partial charge in [-0.25, -0.2) is 9.37 Å². The molecule has 0 fully saturated rings. The summed E-state index contributed by atoms with van der Waals surface area (Å²) in [6.07, 6.45) is 5.95. The zero-order chi connectivity index (χ0) is 21.5. The Balaban J connectivity index is 1.60. The van der Waals surface area contributed by atoms with Gasteiger partial charge in [-0.2, -0.15) is 0 Å². The van der Waals surface area contributed by atoms with Crippen molar-refractivity contribution in [2.75, 3.05) is 6.54 Å². The molecule has 3 heterocycles. The molecule has 4 aromatic rings. The van der Waals surface area contributed by atoms with Crippen LogP contribution in [0.1, 0.15) is 39.7 Å². The van der Waals surface area contributed by atoms with E-state index in [1.54, 1.807) is 41.7 Å². The Morgan fingerprint density at radius 3 is 2.65 bits per heavy atom. The lowest BCUT2D eigenvalue weighted by Gasteiger charge is -2.25. The predicted octanol–water partition coefficient (Wildman–Crippen LogP) is 4.07. The number of hydrogen-bond donors (Lipinski definition) is 0. The van der Waals surface area contributed by atoms with E-state index < -0.39 is 6.04 Å². The molecule has 2 aromatic carbocycles. The molecule has 0 N–H and O–H groups in total. The summed E-state index contributed by atoms with van der Waals surface area (Å²) >= 11 is 0. The number of carbonyl (C=O) groups is 1. The monoisotopic (exact) mass is 417 g/mol. The zero-order valence-corrected chi connectivity index (χ0v) is 16.9. The minimum Gasteiger partial charge on any atom is -0.450 e. The second-order valence-corrected chi connectivity index (χ2v) is 7.78. The maximum Gasteiger partial charge on any atom is 0.290 e. The van der Waals surface area contributed by atoms with Crippen LogP contribution in [-0.2, 0) is 6.54 Å². The van der Waals surface area contributed by atoms with Crippen molar-refractivity contribution in [3.05, 3.63) is 99.7 Å². The fourth-order valence-corrected chi connectivity index (χ4v) is 4.20. The largest absolute Gasteiger partial charge is 0.450 e. The van der Waals surface area contributed by atoms with E-state index in [0.717, 1.165) is 5.56 Å². The first kappa shape index (κ1) is 19.2. The molecule has 6 nitrogen and oxygen atoms in total. The van der Waals surface area contributed by atoms with Crippen LogP contribution in [0.25, 0.3) is 11.0 Å². The number of benzene rings is 2. The molecule has 5 rings (SSSR count). The first-order valence-corrected chi connectivity index (χ1v) is 10.1. The number of hydrogen-bond acceptors (Lipinski definition) is 4. The van der Waals surface area contributed by atoms with E-state index in [9.17, 15) is 14.0 Å². The fraction of sp³-hybridized carbons (Fsp3) is 0.208. The molecule has 2 aromatic heterocycles. The van der Waals surface area contributed by atoms with Crippen molar-refractivity contribution >= 4 is 16.9 Å². The summed E-state index contributed by atoms with van der Waals surface area (Å²) in [7, 11) is 0. The van der Waals surface area contributed by atoms with Crippen molar-refractivity contribution in [2.24, 2.45) is 0 Å². The lowest BCUT2D eigenvalue weighted by Crippen LogP contribution is -2.31. The molecule has 0 saturated heterocycles. The Hall–Kier alpha value is -3.74. The Bertz CT molecular complexity index is 1330. The molecule has 0 saturated carbocycles. The summed E-state index contributed by atoms with van der Waals surface area (Å²) in [5, 5.41) is 0.443. The summed E-state index contributed by atoms with van der Waals surface area (Å²) < 4.78 is 21.4. The van der Waals surface area contributed by atoms with Gasteiger partial charge in [-0.1, -0.05) is 23.8 Å². The highest BCUT2D eigenvalue weighted by atomic mass is 19.1. The number of imidazole rings is 1. The van der Waals surface area contributed by atoms with Crippen molar-refractivity contribution in [1.29, 1.82) is 0 Å². The van der Waals surface area contributed by atoms with Crippen LogP contribution in [0.4, 0.5) is 4.39 Å². The van der Waals surface area contributed by atoms with Crippen LogP contribution in [0.2, 0.25) is 0 Å². The zero-order valence-electron chi connectivity index (χ0n) is 16.9. The van der Waals surface area contributed by atoms with Gasteiger partial charge in [-0.15, -0.1) is 0 Å². The molecular formula is C24H20FN3O3. The second kappa shape index (κ2) is 7.50. The number of fused-ring (bicyclic) bond motifs is 2. The van der Waals surface area contributed by atoms with Crippen molar-refractivity contribution in [1.82, 2.24) is 14.5 Å². The van der Waals surface area contributed by atoms with Gasteiger partial charge in [0.15, 0.2) is 5.43 Å². The van der Waals surface area contributed by atoms with E-state index in [2.05, 4.69) is 4.98 Å². The lowest BCUT2D eigenvalue weighted by molar-refractivity contribution is 0.0723. The topological polar surface area (TPSA) is 68.3 Å². The minimum atomic E-state index is -0.618. The molecule has 0 spiro atoms. The number of aromatic nitrogens is 2. The van der Waals surface area contributed by atoms with E-state index in [0.29, 0.717) is 41.6 Å². The normalized spacial score (nSPS) is 15.6. The molecule has 31 heavy (non-hydrogen) atoms. The van der Waals surface area contributed by atoms with Crippen molar-refractivity contribution in [3.8, 4) is 0 Å². The molecule has 0 bridgehead atoms. The molecule has 0 radical (unpaired) electrons. The van der Waals surface area contributed by atoms with E-state index in [-0.39, 0.29) is 22.9 Å². The van der Waals surface area contributed by atoms with Crippen LogP contribution < -0.4 is 5.43 Å². The fourth-order valence-electron chi connectivity index (χ4n) is 4.20. The first-order chi connectivity index (χ1) is 15.0. The lowest BCUT2D eigenvalue weighted by atomic mass is 9.98. The third-order valence-corrected chi connectivity index (χ3v) is 5.68. The summed E-state index contributed by atoms with van der Waals surface area (Å²) in [4.78, 5) is 32.4. The number of amides is 1. The third kappa shape index (κ3) is 3.32. The van der Waals surface area contributed by atoms with E-state index in [1.807, 2.05) is 23.8 Å². The number of rotatable bonds is 5. The van der Waals surface area contributed by atoms with Gasteiger partial charge in [0.2, 0.25) is 5.76 Å². The molecule has 1 atom stereocenters. The number of aryl methyl sites for hydroxylation is 2. The van der Waals surface area contributed by atoms with Gasteiger partial charge in [0.25, 0.3) is 5.91 Å². The first-order valence-electron chi connectivity index (χ1n) is 10.1. The smallest absolute Gasteiger partial charge is 0.290 e. The standard InChI is InChI=1S/C24H20FN3O3/c1-15-3-8-19-18(13-15)22(29)20-21(16-4-6-17(25)7-5-16)28(24(30)23(20)31-19)11-2-10-27-12-9-26-14-27/h3-9,12-14,21H,2,10-11H2,1H3/t21-/m0/s1. The SMILES string of the molecule is Cc1ccc2oc3c(c(=O)c2c1)[C@H](c1ccc(F)cc1)N(CCCn1ccnc1)C3=O. The summed E-state index contributed by atoms with van der Waals surface area (Å²) in [6, 6.07) is 10.6. The van der Waals surface area contributed by atoms with Crippen molar-refractivity contribution < 1.29 is 13.6 Å². The van der Waals surface area contributed by atoms with E-state index in [1.165, 1.54) is 12.1 Å². The van der Waals surface area contributed by atoms with E-state index >= 15 is 0 Å². The Morgan fingerprint density at radius 1 is 1.10 bits per heavy atom. The molecule has 156 valence electrons. The van der Waals surface area contributed by atoms with Gasteiger partial charge < -0.3 is 13.9 Å². The van der Waals surface area contributed by atoms with Crippen LogP contribution in [-0.4, -0.2) is 26.9 Å². The summed E-state index contributed by atoms with van der Waals surface area (Å²) in [5.74, 6) is -0.631. The second-order valence-electron chi connectivity index (χ2n) is 7.78. The summed E-state index contributed by atoms with van der Waals surface area (Å²) in [5.41, 5.74) is 2.09. The van der Waals surface area contributed by atoms with Crippen LogP contribution in [0, 0.1) is 12.7 Å². The van der Waals surface area contributed by atoms with Crippen LogP contribution in [0.15, 0.2) is 70.4 Å². The van der Waals surface area contributed by atoms with Gasteiger partial charge in [-0.3, -0.25) is 9.59 Å². The van der Waals surface area contributed by atoms with Crippen LogP contribution in [0.3, 0.4) is 0 Å².